The molecule has 21 heavy (non-hydrogen) atoms. The van der Waals surface area contributed by atoms with Crippen LogP contribution in [0.2, 0.25) is 0 Å². The Labute approximate surface area is 128 Å². The fourth-order valence-corrected chi connectivity index (χ4v) is 2.88. The predicted molar refractivity (Wildman–Crippen MR) is 82.7 cm³/mol. The van der Waals surface area contributed by atoms with Crippen molar-refractivity contribution in [3.05, 3.63) is 0 Å². The van der Waals surface area contributed by atoms with Crippen LogP contribution in [-0.2, 0) is 9.59 Å². The number of nitrogens with zero attached hydrogens (tertiary/aromatic N) is 4. The SMILES string of the molecule is CC[C@@H](C)NC(=O)CN(C)c1nnc(N2CCCC2=O)s1. The number of carbonyl (C=O) groups is 2. The van der Waals surface area contributed by atoms with Crippen molar-refractivity contribution in [3.8, 4) is 0 Å². The quantitative estimate of drug-likeness (QED) is 0.848. The van der Waals surface area contributed by atoms with E-state index in [0.29, 0.717) is 23.2 Å². The van der Waals surface area contributed by atoms with E-state index in [1.807, 2.05) is 13.8 Å². The van der Waals surface area contributed by atoms with Gasteiger partial charge in [-0.15, -0.1) is 10.2 Å². The van der Waals surface area contributed by atoms with Crippen LogP contribution in [0.25, 0.3) is 0 Å². The second-order valence-electron chi connectivity index (χ2n) is 5.25. The van der Waals surface area contributed by atoms with Gasteiger partial charge in [0.25, 0.3) is 0 Å². The average Bonchev–Trinajstić information content (AvgIpc) is 3.06. The van der Waals surface area contributed by atoms with Crippen molar-refractivity contribution < 1.29 is 9.59 Å². The number of aromatic nitrogens is 2. The van der Waals surface area contributed by atoms with Gasteiger partial charge in [0.2, 0.25) is 22.1 Å². The van der Waals surface area contributed by atoms with E-state index in [2.05, 4.69) is 15.5 Å². The number of hydrogen-bond acceptors (Lipinski definition) is 6. The molecule has 1 fully saturated rings. The number of amides is 2. The van der Waals surface area contributed by atoms with Gasteiger partial charge in [-0.05, 0) is 19.8 Å². The number of rotatable bonds is 6. The molecule has 0 aliphatic carbocycles. The van der Waals surface area contributed by atoms with Crippen molar-refractivity contribution in [2.75, 3.05) is 29.9 Å². The lowest BCUT2D eigenvalue weighted by atomic mass is 10.2. The topological polar surface area (TPSA) is 78.4 Å². The van der Waals surface area contributed by atoms with Gasteiger partial charge in [-0.25, -0.2) is 0 Å². The normalized spacial score (nSPS) is 16.1. The van der Waals surface area contributed by atoms with Crippen molar-refractivity contribution in [2.24, 2.45) is 0 Å². The molecule has 2 amide bonds. The fourth-order valence-electron chi connectivity index (χ4n) is 2.03. The Kier molecular flexibility index (Phi) is 5.11. The van der Waals surface area contributed by atoms with Gasteiger partial charge in [0.05, 0.1) is 6.54 Å². The number of likely N-dealkylation sites (N-methyl/N-ethyl adjacent to an activating group) is 1. The fraction of sp³-hybridized carbons (Fsp3) is 0.692. The maximum absolute atomic E-state index is 11.9. The highest BCUT2D eigenvalue weighted by atomic mass is 32.1. The zero-order valence-electron chi connectivity index (χ0n) is 12.6. The number of nitrogens with one attached hydrogen (secondary N) is 1. The zero-order chi connectivity index (χ0) is 15.4. The molecule has 0 radical (unpaired) electrons. The summed E-state index contributed by atoms with van der Waals surface area (Å²) in [5.41, 5.74) is 0. The lowest BCUT2D eigenvalue weighted by Gasteiger charge is -2.17. The molecular weight excluding hydrogens is 290 g/mol. The van der Waals surface area contributed by atoms with Gasteiger partial charge in [0.15, 0.2) is 0 Å². The maximum atomic E-state index is 11.9. The minimum Gasteiger partial charge on any atom is -0.352 e. The van der Waals surface area contributed by atoms with Crippen molar-refractivity contribution >= 4 is 33.4 Å². The van der Waals surface area contributed by atoms with E-state index < -0.39 is 0 Å². The van der Waals surface area contributed by atoms with E-state index in [-0.39, 0.29) is 24.4 Å². The summed E-state index contributed by atoms with van der Waals surface area (Å²) in [6, 6.07) is 0.165. The van der Waals surface area contributed by atoms with E-state index in [4.69, 9.17) is 0 Å². The molecule has 1 aromatic rings. The molecule has 1 saturated heterocycles. The molecule has 0 bridgehead atoms. The van der Waals surface area contributed by atoms with Crippen molar-refractivity contribution in [3.63, 3.8) is 0 Å². The van der Waals surface area contributed by atoms with Crippen molar-refractivity contribution in [2.45, 2.75) is 39.2 Å². The summed E-state index contributed by atoms with van der Waals surface area (Å²) in [6.45, 7) is 4.93. The van der Waals surface area contributed by atoms with Crippen LogP contribution in [0, 0.1) is 0 Å². The highest BCUT2D eigenvalue weighted by Crippen LogP contribution is 2.29. The third-order valence-corrected chi connectivity index (χ3v) is 4.50. The summed E-state index contributed by atoms with van der Waals surface area (Å²) >= 11 is 1.34. The van der Waals surface area contributed by atoms with Crippen LogP contribution in [0.15, 0.2) is 0 Å². The van der Waals surface area contributed by atoms with Gasteiger partial charge in [-0.2, -0.15) is 0 Å². The first-order valence-electron chi connectivity index (χ1n) is 7.15. The molecule has 0 saturated carbocycles. The van der Waals surface area contributed by atoms with E-state index in [1.54, 1.807) is 16.8 Å². The summed E-state index contributed by atoms with van der Waals surface area (Å²) in [6.07, 6.45) is 2.33. The molecule has 0 aromatic carbocycles. The first-order chi connectivity index (χ1) is 10.0. The van der Waals surface area contributed by atoms with Crippen molar-refractivity contribution in [1.82, 2.24) is 15.5 Å². The Morgan fingerprint density at radius 1 is 1.52 bits per heavy atom. The standard InChI is InChI=1S/C13H21N5O2S/c1-4-9(2)14-10(19)8-17(3)12-15-16-13(21-12)18-7-5-6-11(18)20/h9H,4-8H2,1-3H3,(H,14,19)/t9-/m1/s1. The van der Waals surface area contributed by atoms with E-state index in [0.717, 1.165) is 12.8 Å². The molecule has 8 heteroatoms. The van der Waals surface area contributed by atoms with E-state index in [1.165, 1.54) is 11.3 Å². The summed E-state index contributed by atoms with van der Waals surface area (Å²) in [5, 5.41) is 12.3. The van der Waals surface area contributed by atoms with Crippen LogP contribution in [-0.4, -0.2) is 48.2 Å². The summed E-state index contributed by atoms with van der Waals surface area (Å²) in [7, 11) is 1.80. The lowest BCUT2D eigenvalue weighted by molar-refractivity contribution is -0.120. The first kappa shape index (κ1) is 15.7. The predicted octanol–water partition coefficient (Wildman–Crippen LogP) is 1.02. The summed E-state index contributed by atoms with van der Waals surface area (Å²) in [5.74, 6) is 0.0516. The maximum Gasteiger partial charge on any atom is 0.239 e. The van der Waals surface area contributed by atoms with Crippen LogP contribution in [0.3, 0.4) is 0 Å². The molecule has 2 heterocycles. The first-order valence-corrected chi connectivity index (χ1v) is 7.97. The van der Waals surface area contributed by atoms with Gasteiger partial charge in [0.1, 0.15) is 0 Å². The Hall–Kier alpha value is -1.70. The molecule has 0 unspecified atom stereocenters. The van der Waals surface area contributed by atoms with Crippen LogP contribution < -0.4 is 15.1 Å². The van der Waals surface area contributed by atoms with Gasteiger partial charge in [-0.3, -0.25) is 14.5 Å². The summed E-state index contributed by atoms with van der Waals surface area (Å²) in [4.78, 5) is 26.9. The largest absolute Gasteiger partial charge is 0.352 e. The average molecular weight is 311 g/mol. The molecule has 1 aliphatic rings. The number of carbonyl (C=O) groups excluding carboxylic acids is 2. The molecule has 1 aromatic heterocycles. The highest BCUT2D eigenvalue weighted by Gasteiger charge is 2.25. The van der Waals surface area contributed by atoms with Gasteiger partial charge in [0, 0.05) is 26.1 Å². The molecule has 7 nitrogen and oxygen atoms in total. The Bertz CT molecular complexity index is 518. The molecule has 116 valence electrons. The summed E-state index contributed by atoms with van der Waals surface area (Å²) < 4.78 is 0. The van der Waals surface area contributed by atoms with E-state index >= 15 is 0 Å². The number of hydrogen-bond donors (Lipinski definition) is 1. The van der Waals surface area contributed by atoms with Gasteiger partial charge >= 0.3 is 0 Å². The monoisotopic (exact) mass is 311 g/mol. The smallest absolute Gasteiger partial charge is 0.239 e. The molecule has 1 N–H and O–H groups in total. The number of anilines is 2. The third kappa shape index (κ3) is 3.90. The Balaban J connectivity index is 1.94. The van der Waals surface area contributed by atoms with Crippen LogP contribution in [0.1, 0.15) is 33.1 Å². The second-order valence-corrected chi connectivity index (χ2v) is 6.18. The molecular formula is C13H21N5O2S. The second kappa shape index (κ2) is 6.84. The molecule has 1 aliphatic heterocycles. The van der Waals surface area contributed by atoms with Gasteiger partial charge in [-0.1, -0.05) is 18.3 Å². The van der Waals surface area contributed by atoms with Crippen LogP contribution in [0.5, 0.6) is 0 Å². The minimum absolute atomic E-state index is 0.0409. The molecule has 2 rings (SSSR count). The molecule has 0 spiro atoms. The highest BCUT2D eigenvalue weighted by molar-refractivity contribution is 7.19. The van der Waals surface area contributed by atoms with Crippen molar-refractivity contribution in [1.29, 1.82) is 0 Å². The van der Waals surface area contributed by atoms with Gasteiger partial charge < -0.3 is 10.2 Å². The van der Waals surface area contributed by atoms with Crippen LogP contribution in [0.4, 0.5) is 10.3 Å². The Morgan fingerprint density at radius 3 is 2.90 bits per heavy atom. The zero-order valence-corrected chi connectivity index (χ0v) is 13.4. The third-order valence-electron chi connectivity index (χ3n) is 3.44. The van der Waals surface area contributed by atoms with Crippen LogP contribution >= 0.6 is 11.3 Å². The minimum atomic E-state index is -0.0409. The van der Waals surface area contributed by atoms with E-state index in [9.17, 15) is 9.59 Å². The lowest BCUT2D eigenvalue weighted by Crippen LogP contribution is -2.39. The molecule has 1 atom stereocenters. The Morgan fingerprint density at radius 2 is 2.29 bits per heavy atom.